The molecule has 1 unspecified atom stereocenters. The summed E-state index contributed by atoms with van der Waals surface area (Å²) in [5.74, 6) is 0. The van der Waals surface area contributed by atoms with Gasteiger partial charge in [-0.15, -0.1) is 0 Å². The summed E-state index contributed by atoms with van der Waals surface area (Å²) >= 11 is 6.26. The van der Waals surface area contributed by atoms with E-state index in [9.17, 15) is 5.11 Å². The second kappa shape index (κ2) is 7.13. The van der Waals surface area contributed by atoms with E-state index in [2.05, 4.69) is 22.2 Å². The standard InChI is InChI=1S/C14H22ClN3O2/c1-17-4-6-18(7-5-17)11-2-3-14(13(15)8-11)16-9-12(20)10-19/h2-3,8,12,16,19-20H,4-7,9-10H2,1H3. The molecule has 0 radical (unpaired) electrons. The van der Waals surface area contributed by atoms with Crippen LogP contribution in [0.5, 0.6) is 0 Å². The number of hydrogen-bond acceptors (Lipinski definition) is 5. The highest BCUT2D eigenvalue weighted by Gasteiger charge is 2.15. The minimum Gasteiger partial charge on any atom is -0.394 e. The number of nitrogens with zero attached hydrogens (tertiary/aromatic N) is 2. The molecule has 0 amide bonds. The second-order valence-electron chi connectivity index (χ2n) is 5.17. The van der Waals surface area contributed by atoms with Gasteiger partial charge in [-0.3, -0.25) is 0 Å². The molecule has 0 aromatic heterocycles. The van der Waals surface area contributed by atoms with Crippen LogP contribution < -0.4 is 10.2 Å². The Kier molecular flexibility index (Phi) is 5.48. The lowest BCUT2D eigenvalue weighted by Crippen LogP contribution is -2.44. The van der Waals surface area contributed by atoms with Crippen LogP contribution in [0.25, 0.3) is 0 Å². The zero-order chi connectivity index (χ0) is 14.5. The highest BCUT2D eigenvalue weighted by Crippen LogP contribution is 2.28. The number of anilines is 2. The van der Waals surface area contributed by atoms with Crippen LogP contribution in [-0.2, 0) is 0 Å². The summed E-state index contributed by atoms with van der Waals surface area (Å²) in [6.45, 7) is 4.14. The third-order valence-corrected chi connectivity index (χ3v) is 3.87. The zero-order valence-electron chi connectivity index (χ0n) is 11.7. The fourth-order valence-electron chi connectivity index (χ4n) is 2.20. The number of hydrogen-bond donors (Lipinski definition) is 3. The molecule has 1 fully saturated rings. The molecule has 0 bridgehead atoms. The number of nitrogens with one attached hydrogen (secondary N) is 1. The van der Waals surface area contributed by atoms with E-state index in [-0.39, 0.29) is 13.2 Å². The molecule has 1 atom stereocenters. The van der Waals surface area contributed by atoms with Crippen molar-refractivity contribution in [3.63, 3.8) is 0 Å². The monoisotopic (exact) mass is 299 g/mol. The molecule has 0 aliphatic carbocycles. The van der Waals surface area contributed by atoms with Gasteiger partial charge in [0.05, 0.1) is 23.4 Å². The van der Waals surface area contributed by atoms with Crippen LogP contribution in [0.15, 0.2) is 18.2 Å². The van der Waals surface area contributed by atoms with Gasteiger partial charge >= 0.3 is 0 Å². The van der Waals surface area contributed by atoms with Gasteiger partial charge in [0.15, 0.2) is 0 Å². The molecular formula is C14H22ClN3O2. The maximum absolute atomic E-state index is 9.32. The van der Waals surface area contributed by atoms with E-state index in [1.54, 1.807) is 0 Å². The summed E-state index contributed by atoms with van der Waals surface area (Å²) < 4.78 is 0. The SMILES string of the molecule is CN1CCN(c2ccc(NCC(O)CO)c(Cl)c2)CC1. The first-order chi connectivity index (χ1) is 9.60. The molecule has 5 nitrogen and oxygen atoms in total. The molecule has 0 spiro atoms. The summed E-state index contributed by atoms with van der Waals surface area (Å²) in [7, 11) is 2.13. The maximum Gasteiger partial charge on any atom is 0.0942 e. The van der Waals surface area contributed by atoms with Crippen molar-refractivity contribution >= 4 is 23.0 Å². The number of aliphatic hydroxyl groups is 2. The van der Waals surface area contributed by atoms with Crippen LogP contribution in [-0.4, -0.2) is 67.6 Å². The Hall–Kier alpha value is -1.01. The number of aliphatic hydroxyl groups excluding tert-OH is 2. The lowest BCUT2D eigenvalue weighted by molar-refractivity contribution is 0.105. The smallest absolute Gasteiger partial charge is 0.0942 e. The molecule has 112 valence electrons. The minimum atomic E-state index is -0.775. The molecule has 1 aromatic carbocycles. The lowest BCUT2D eigenvalue weighted by atomic mass is 10.2. The number of rotatable bonds is 5. The maximum atomic E-state index is 9.32. The molecule has 1 aromatic rings. The molecule has 1 aliphatic heterocycles. The quantitative estimate of drug-likeness (QED) is 0.753. The van der Waals surface area contributed by atoms with Crippen molar-refractivity contribution in [2.75, 3.05) is 56.6 Å². The molecule has 1 heterocycles. The van der Waals surface area contributed by atoms with Crippen molar-refractivity contribution in [1.82, 2.24) is 4.90 Å². The van der Waals surface area contributed by atoms with Crippen molar-refractivity contribution in [2.24, 2.45) is 0 Å². The van der Waals surface area contributed by atoms with Crippen molar-refractivity contribution in [3.05, 3.63) is 23.2 Å². The Bertz CT molecular complexity index is 436. The normalized spacial score (nSPS) is 18.1. The van der Waals surface area contributed by atoms with Gasteiger partial charge in [0.2, 0.25) is 0 Å². The number of piperazine rings is 1. The summed E-state index contributed by atoms with van der Waals surface area (Å²) in [5, 5.41) is 21.8. The van der Waals surface area contributed by atoms with Gasteiger partial charge in [-0.25, -0.2) is 0 Å². The molecule has 2 rings (SSSR count). The van der Waals surface area contributed by atoms with Crippen LogP contribution in [0.4, 0.5) is 11.4 Å². The lowest BCUT2D eigenvalue weighted by Gasteiger charge is -2.34. The van der Waals surface area contributed by atoms with E-state index in [0.717, 1.165) is 37.6 Å². The summed E-state index contributed by atoms with van der Waals surface area (Å²) in [6.07, 6.45) is -0.775. The zero-order valence-corrected chi connectivity index (χ0v) is 12.5. The second-order valence-corrected chi connectivity index (χ2v) is 5.58. The topological polar surface area (TPSA) is 59.0 Å². The molecule has 3 N–H and O–H groups in total. The van der Waals surface area contributed by atoms with E-state index < -0.39 is 6.10 Å². The van der Waals surface area contributed by atoms with E-state index in [1.165, 1.54) is 0 Å². The van der Waals surface area contributed by atoms with Gasteiger partial charge < -0.3 is 25.3 Å². The number of benzene rings is 1. The van der Waals surface area contributed by atoms with Crippen LogP contribution in [0.2, 0.25) is 5.02 Å². The number of halogens is 1. The summed E-state index contributed by atoms with van der Waals surface area (Å²) in [6, 6.07) is 5.89. The molecule has 1 saturated heterocycles. The Morgan fingerprint density at radius 3 is 2.60 bits per heavy atom. The van der Waals surface area contributed by atoms with Gasteiger partial charge in [0.25, 0.3) is 0 Å². The average molecular weight is 300 g/mol. The average Bonchev–Trinajstić information content (AvgIpc) is 2.46. The van der Waals surface area contributed by atoms with Gasteiger partial charge in [-0.1, -0.05) is 11.6 Å². The fourth-order valence-corrected chi connectivity index (χ4v) is 2.44. The molecule has 0 saturated carbocycles. The van der Waals surface area contributed by atoms with Gasteiger partial charge in [-0.05, 0) is 25.2 Å². The van der Waals surface area contributed by atoms with Crippen LogP contribution in [0.1, 0.15) is 0 Å². The first-order valence-corrected chi connectivity index (χ1v) is 7.24. The van der Waals surface area contributed by atoms with E-state index in [1.807, 2.05) is 18.2 Å². The fraction of sp³-hybridized carbons (Fsp3) is 0.571. The van der Waals surface area contributed by atoms with Crippen molar-refractivity contribution < 1.29 is 10.2 Å². The molecule has 20 heavy (non-hydrogen) atoms. The van der Waals surface area contributed by atoms with Crippen molar-refractivity contribution in [2.45, 2.75) is 6.10 Å². The van der Waals surface area contributed by atoms with E-state index in [0.29, 0.717) is 5.02 Å². The van der Waals surface area contributed by atoms with Gasteiger partial charge in [0.1, 0.15) is 0 Å². The Labute approximate surface area is 124 Å². The summed E-state index contributed by atoms with van der Waals surface area (Å²) in [5.41, 5.74) is 1.90. The predicted molar refractivity (Wildman–Crippen MR) is 82.7 cm³/mol. The predicted octanol–water partition coefficient (Wildman–Crippen LogP) is 0.857. The highest BCUT2D eigenvalue weighted by atomic mass is 35.5. The van der Waals surface area contributed by atoms with Crippen LogP contribution in [0, 0.1) is 0 Å². The minimum absolute atomic E-state index is 0.260. The number of likely N-dealkylation sites (N-methyl/N-ethyl adjacent to an activating group) is 1. The van der Waals surface area contributed by atoms with Gasteiger partial charge in [0, 0.05) is 38.4 Å². The Balaban J connectivity index is 1.98. The summed E-state index contributed by atoms with van der Waals surface area (Å²) in [4.78, 5) is 4.63. The van der Waals surface area contributed by atoms with Gasteiger partial charge in [-0.2, -0.15) is 0 Å². The molecule has 1 aliphatic rings. The Morgan fingerprint density at radius 2 is 2.00 bits per heavy atom. The van der Waals surface area contributed by atoms with Crippen molar-refractivity contribution in [1.29, 1.82) is 0 Å². The van der Waals surface area contributed by atoms with E-state index in [4.69, 9.17) is 16.7 Å². The van der Waals surface area contributed by atoms with Crippen LogP contribution >= 0.6 is 11.6 Å². The third kappa shape index (κ3) is 3.99. The third-order valence-electron chi connectivity index (χ3n) is 3.56. The van der Waals surface area contributed by atoms with Crippen molar-refractivity contribution in [3.8, 4) is 0 Å². The first kappa shape index (κ1) is 15.4. The van der Waals surface area contributed by atoms with Crippen LogP contribution in [0.3, 0.4) is 0 Å². The van der Waals surface area contributed by atoms with E-state index >= 15 is 0 Å². The highest BCUT2D eigenvalue weighted by molar-refractivity contribution is 6.33. The Morgan fingerprint density at radius 1 is 1.30 bits per heavy atom. The molecular weight excluding hydrogens is 278 g/mol. The largest absolute Gasteiger partial charge is 0.394 e. The first-order valence-electron chi connectivity index (χ1n) is 6.86. The molecule has 6 heteroatoms.